The van der Waals surface area contributed by atoms with Crippen LogP contribution in [-0.2, 0) is 0 Å². The zero-order valence-electron chi connectivity index (χ0n) is 7.33. The molecule has 0 aromatic carbocycles. The van der Waals surface area contributed by atoms with E-state index in [0.717, 1.165) is 26.2 Å². The molecule has 1 aromatic rings. The number of nitrogens with zero attached hydrogens (tertiary/aromatic N) is 2. The molecule has 0 amide bonds. The third-order valence-corrected chi connectivity index (χ3v) is 2.40. The fraction of sp³-hybridized carbons (Fsp3) is 0.444. The van der Waals surface area contributed by atoms with Gasteiger partial charge < -0.3 is 10.2 Å². The molecular weight excluding hydrogens is 186 g/mol. The van der Waals surface area contributed by atoms with Crippen molar-refractivity contribution in [2.24, 2.45) is 0 Å². The molecular formula is C9H12ClN3. The van der Waals surface area contributed by atoms with E-state index in [1.54, 1.807) is 6.20 Å². The van der Waals surface area contributed by atoms with Gasteiger partial charge in [0.15, 0.2) is 0 Å². The summed E-state index contributed by atoms with van der Waals surface area (Å²) in [5.74, 6) is 0. The van der Waals surface area contributed by atoms with Gasteiger partial charge in [0.1, 0.15) is 5.15 Å². The van der Waals surface area contributed by atoms with Gasteiger partial charge in [0.2, 0.25) is 0 Å². The maximum atomic E-state index is 5.81. The van der Waals surface area contributed by atoms with Crippen LogP contribution in [0.1, 0.15) is 0 Å². The Morgan fingerprint density at radius 2 is 2.15 bits per heavy atom. The summed E-state index contributed by atoms with van der Waals surface area (Å²) >= 11 is 5.81. The molecule has 0 saturated carbocycles. The minimum atomic E-state index is 0.566. The average Bonchev–Trinajstić information content (AvgIpc) is 2.19. The molecule has 0 atom stereocenters. The van der Waals surface area contributed by atoms with E-state index in [2.05, 4.69) is 15.2 Å². The molecule has 2 rings (SSSR count). The van der Waals surface area contributed by atoms with Crippen molar-refractivity contribution in [1.29, 1.82) is 0 Å². The first-order chi connectivity index (χ1) is 6.36. The summed E-state index contributed by atoms with van der Waals surface area (Å²) in [6, 6.07) is 3.91. The third-order valence-electron chi connectivity index (χ3n) is 2.19. The van der Waals surface area contributed by atoms with Gasteiger partial charge in [-0.3, -0.25) is 0 Å². The van der Waals surface area contributed by atoms with E-state index in [9.17, 15) is 0 Å². The zero-order valence-corrected chi connectivity index (χ0v) is 8.09. The zero-order chi connectivity index (χ0) is 9.10. The second-order valence-corrected chi connectivity index (χ2v) is 3.46. The number of nitrogens with one attached hydrogen (secondary N) is 1. The fourth-order valence-corrected chi connectivity index (χ4v) is 1.68. The van der Waals surface area contributed by atoms with Crippen molar-refractivity contribution in [1.82, 2.24) is 10.3 Å². The Labute approximate surface area is 82.7 Å². The Morgan fingerprint density at radius 3 is 2.85 bits per heavy atom. The van der Waals surface area contributed by atoms with E-state index < -0.39 is 0 Å². The number of rotatable bonds is 1. The summed E-state index contributed by atoms with van der Waals surface area (Å²) in [5, 5.41) is 3.87. The molecule has 0 spiro atoms. The van der Waals surface area contributed by atoms with Crippen molar-refractivity contribution in [2.45, 2.75) is 0 Å². The van der Waals surface area contributed by atoms with Crippen LogP contribution in [0.5, 0.6) is 0 Å². The Balaban J connectivity index is 2.14. The predicted octanol–water partition coefficient (Wildman–Crippen LogP) is 1.14. The SMILES string of the molecule is Clc1cc(N2CCNCC2)ccn1. The molecule has 1 aliphatic heterocycles. The minimum absolute atomic E-state index is 0.566. The molecule has 1 aliphatic rings. The lowest BCUT2D eigenvalue weighted by Crippen LogP contribution is -2.43. The quantitative estimate of drug-likeness (QED) is 0.685. The maximum absolute atomic E-state index is 5.81. The van der Waals surface area contributed by atoms with Crippen molar-refractivity contribution >= 4 is 17.3 Å². The van der Waals surface area contributed by atoms with E-state index in [4.69, 9.17) is 11.6 Å². The van der Waals surface area contributed by atoms with Crippen LogP contribution in [0.15, 0.2) is 18.3 Å². The number of aromatic nitrogens is 1. The standard InChI is InChI=1S/C9H12ClN3/c10-9-7-8(1-2-12-9)13-5-3-11-4-6-13/h1-2,7,11H,3-6H2. The molecule has 4 heteroatoms. The van der Waals surface area contributed by atoms with Crippen molar-refractivity contribution < 1.29 is 0 Å². The van der Waals surface area contributed by atoms with Crippen LogP contribution in [0.25, 0.3) is 0 Å². The van der Waals surface area contributed by atoms with Gasteiger partial charge in [-0.2, -0.15) is 0 Å². The number of piperazine rings is 1. The normalized spacial score (nSPS) is 17.5. The molecule has 2 heterocycles. The van der Waals surface area contributed by atoms with Crippen LogP contribution < -0.4 is 10.2 Å². The molecule has 1 N–H and O–H groups in total. The Morgan fingerprint density at radius 1 is 1.38 bits per heavy atom. The van der Waals surface area contributed by atoms with Crippen LogP contribution in [0, 0.1) is 0 Å². The van der Waals surface area contributed by atoms with Crippen molar-refractivity contribution in [3.8, 4) is 0 Å². The van der Waals surface area contributed by atoms with Crippen LogP contribution >= 0.6 is 11.6 Å². The second-order valence-electron chi connectivity index (χ2n) is 3.07. The van der Waals surface area contributed by atoms with Gasteiger partial charge in [0.05, 0.1) is 0 Å². The molecule has 13 heavy (non-hydrogen) atoms. The number of hydrogen-bond donors (Lipinski definition) is 1. The molecule has 0 aliphatic carbocycles. The lowest BCUT2D eigenvalue weighted by molar-refractivity contribution is 0.589. The number of hydrogen-bond acceptors (Lipinski definition) is 3. The molecule has 0 bridgehead atoms. The van der Waals surface area contributed by atoms with Gasteiger partial charge in [-0.15, -0.1) is 0 Å². The fourth-order valence-electron chi connectivity index (χ4n) is 1.51. The van der Waals surface area contributed by atoms with Crippen molar-refractivity contribution in [2.75, 3.05) is 31.1 Å². The molecule has 1 fully saturated rings. The monoisotopic (exact) mass is 197 g/mol. The minimum Gasteiger partial charge on any atom is -0.369 e. The van der Waals surface area contributed by atoms with Gasteiger partial charge >= 0.3 is 0 Å². The first-order valence-corrected chi connectivity index (χ1v) is 4.81. The molecule has 70 valence electrons. The highest BCUT2D eigenvalue weighted by atomic mass is 35.5. The highest BCUT2D eigenvalue weighted by Gasteiger charge is 2.09. The molecule has 1 aromatic heterocycles. The molecule has 0 unspecified atom stereocenters. The lowest BCUT2D eigenvalue weighted by atomic mass is 10.3. The van der Waals surface area contributed by atoms with Gasteiger partial charge in [-0.1, -0.05) is 11.6 Å². The number of anilines is 1. The lowest BCUT2D eigenvalue weighted by Gasteiger charge is -2.29. The summed E-state index contributed by atoms with van der Waals surface area (Å²) < 4.78 is 0. The summed E-state index contributed by atoms with van der Waals surface area (Å²) in [4.78, 5) is 6.27. The first kappa shape index (κ1) is 8.78. The highest BCUT2D eigenvalue weighted by molar-refractivity contribution is 6.29. The van der Waals surface area contributed by atoms with E-state index >= 15 is 0 Å². The third kappa shape index (κ3) is 2.11. The molecule has 1 saturated heterocycles. The largest absolute Gasteiger partial charge is 0.369 e. The second kappa shape index (κ2) is 3.94. The van der Waals surface area contributed by atoms with E-state index in [0.29, 0.717) is 5.15 Å². The van der Waals surface area contributed by atoms with Gasteiger partial charge in [-0.05, 0) is 12.1 Å². The maximum Gasteiger partial charge on any atom is 0.131 e. The first-order valence-electron chi connectivity index (χ1n) is 4.43. The Kier molecular flexibility index (Phi) is 2.66. The summed E-state index contributed by atoms with van der Waals surface area (Å²) in [5.41, 5.74) is 1.17. The van der Waals surface area contributed by atoms with Gasteiger partial charge in [-0.25, -0.2) is 4.98 Å². The van der Waals surface area contributed by atoms with Crippen LogP contribution in [0.4, 0.5) is 5.69 Å². The highest BCUT2D eigenvalue weighted by Crippen LogP contribution is 2.17. The van der Waals surface area contributed by atoms with Gasteiger partial charge in [0.25, 0.3) is 0 Å². The molecule has 0 radical (unpaired) electrons. The van der Waals surface area contributed by atoms with Crippen molar-refractivity contribution in [3.63, 3.8) is 0 Å². The van der Waals surface area contributed by atoms with Gasteiger partial charge in [0, 0.05) is 38.1 Å². The van der Waals surface area contributed by atoms with Crippen molar-refractivity contribution in [3.05, 3.63) is 23.5 Å². The summed E-state index contributed by atoms with van der Waals surface area (Å²) in [6.07, 6.45) is 1.75. The summed E-state index contributed by atoms with van der Waals surface area (Å²) in [7, 11) is 0. The van der Waals surface area contributed by atoms with Crippen LogP contribution in [0.2, 0.25) is 5.15 Å². The number of pyridine rings is 1. The molecule has 3 nitrogen and oxygen atoms in total. The smallest absolute Gasteiger partial charge is 0.131 e. The Bertz CT molecular complexity index is 284. The summed E-state index contributed by atoms with van der Waals surface area (Å²) in [6.45, 7) is 4.17. The van der Waals surface area contributed by atoms with E-state index in [1.165, 1.54) is 5.69 Å². The topological polar surface area (TPSA) is 28.2 Å². The number of halogens is 1. The predicted molar refractivity (Wildman–Crippen MR) is 54.3 cm³/mol. The van der Waals surface area contributed by atoms with E-state index in [1.807, 2.05) is 12.1 Å². The van der Waals surface area contributed by atoms with Crippen LogP contribution in [-0.4, -0.2) is 31.2 Å². The Hall–Kier alpha value is -0.800. The van der Waals surface area contributed by atoms with Crippen LogP contribution in [0.3, 0.4) is 0 Å². The van der Waals surface area contributed by atoms with E-state index in [-0.39, 0.29) is 0 Å². The average molecular weight is 198 g/mol.